The fourth-order valence-corrected chi connectivity index (χ4v) is 2.41. The van der Waals surface area contributed by atoms with Gasteiger partial charge in [-0.1, -0.05) is 12.1 Å². The van der Waals surface area contributed by atoms with Crippen molar-refractivity contribution < 1.29 is 9.53 Å². The van der Waals surface area contributed by atoms with Crippen molar-refractivity contribution in [2.24, 2.45) is 0 Å². The van der Waals surface area contributed by atoms with Crippen molar-refractivity contribution in [3.05, 3.63) is 29.8 Å². The van der Waals surface area contributed by atoms with Gasteiger partial charge in [0.2, 0.25) is 5.91 Å². The van der Waals surface area contributed by atoms with E-state index in [1.54, 1.807) is 7.11 Å². The minimum absolute atomic E-state index is 0.180. The lowest BCUT2D eigenvalue weighted by molar-refractivity contribution is -0.131. The molecule has 4 heteroatoms. The van der Waals surface area contributed by atoms with Gasteiger partial charge in [-0.15, -0.1) is 0 Å². The largest absolute Gasteiger partial charge is 0.497 e. The zero-order valence-corrected chi connectivity index (χ0v) is 11.7. The fraction of sp³-hybridized carbons (Fsp3) is 0.533. The first kappa shape index (κ1) is 13.9. The Morgan fingerprint density at radius 1 is 1.42 bits per heavy atom. The second-order valence-electron chi connectivity index (χ2n) is 5.03. The maximum absolute atomic E-state index is 12.2. The van der Waals surface area contributed by atoms with Crippen LogP contribution in [-0.4, -0.2) is 44.1 Å². The van der Waals surface area contributed by atoms with E-state index in [1.807, 2.05) is 36.2 Å². The topological polar surface area (TPSA) is 41.6 Å². The molecule has 1 atom stereocenters. The third kappa shape index (κ3) is 3.70. The van der Waals surface area contributed by atoms with E-state index < -0.39 is 0 Å². The second kappa shape index (κ2) is 6.57. The number of hydrogen-bond acceptors (Lipinski definition) is 3. The van der Waals surface area contributed by atoms with Gasteiger partial charge in [0.1, 0.15) is 5.75 Å². The van der Waals surface area contributed by atoms with Crippen molar-refractivity contribution in [1.82, 2.24) is 10.2 Å². The zero-order chi connectivity index (χ0) is 13.7. The highest BCUT2D eigenvalue weighted by molar-refractivity contribution is 5.78. The average molecular weight is 262 g/mol. The van der Waals surface area contributed by atoms with Gasteiger partial charge in [-0.3, -0.25) is 4.79 Å². The predicted octanol–water partition coefficient (Wildman–Crippen LogP) is 1.45. The van der Waals surface area contributed by atoms with Crippen LogP contribution in [0.1, 0.15) is 18.4 Å². The molecule has 104 valence electrons. The molecule has 1 fully saturated rings. The van der Waals surface area contributed by atoms with Gasteiger partial charge in [-0.25, -0.2) is 0 Å². The molecule has 1 amide bonds. The molecular weight excluding hydrogens is 240 g/mol. The summed E-state index contributed by atoms with van der Waals surface area (Å²) < 4.78 is 5.11. The van der Waals surface area contributed by atoms with Crippen LogP contribution in [-0.2, 0) is 11.2 Å². The summed E-state index contributed by atoms with van der Waals surface area (Å²) in [6, 6.07) is 8.02. The molecule has 1 aliphatic rings. The average Bonchev–Trinajstić information content (AvgIpc) is 2.48. The third-order valence-electron chi connectivity index (χ3n) is 3.73. The molecular formula is C15H22N2O2. The number of benzene rings is 1. The molecule has 0 spiro atoms. The monoisotopic (exact) mass is 262 g/mol. The summed E-state index contributed by atoms with van der Waals surface area (Å²) in [5.74, 6) is 1.000. The van der Waals surface area contributed by atoms with Crippen molar-refractivity contribution in [2.45, 2.75) is 25.3 Å². The molecule has 2 rings (SSSR count). The lowest BCUT2D eigenvalue weighted by Gasteiger charge is -2.31. The third-order valence-corrected chi connectivity index (χ3v) is 3.73. The number of nitrogens with zero attached hydrogens (tertiary/aromatic N) is 1. The van der Waals surface area contributed by atoms with Crippen LogP contribution in [0.15, 0.2) is 24.3 Å². The maximum Gasteiger partial charge on any atom is 0.227 e. The molecule has 1 heterocycles. The molecule has 0 saturated carbocycles. The van der Waals surface area contributed by atoms with Gasteiger partial charge < -0.3 is 15.0 Å². The number of nitrogens with one attached hydrogen (secondary N) is 1. The molecule has 1 aromatic rings. The van der Waals surface area contributed by atoms with Crippen molar-refractivity contribution >= 4 is 5.91 Å². The first-order valence-corrected chi connectivity index (χ1v) is 6.80. The highest BCUT2D eigenvalue weighted by Gasteiger charge is 2.21. The van der Waals surface area contributed by atoms with Gasteiger partial charge in [0.15, 0.2) is 0 Å². The molecule has 4 nitrogen and oxygen atoms in total. The van der Waals surface area contributed by atoms with Crippen molar-refractivity contribution in [3.63, 3.8) is 0 Å². The van der Waals surface area contributed by atoms with Crippen LogP contribution in [0, 0.1) is 0 Å². The van der Waals surface area contributed by atoms with Crippen LogP contribution in [0.25, 0.3) is 0 Å². The van der Waals surface area contributed by atoms with E-state index >= 15 is 0 Å². The number of rotatable bonds is 4. The Balaban J connectivity index is 1.91. The zero-order valence-electron chi connectivity index (χ0n) is 11.7. The summed E-state index contributed by atoms with van der Waals surface area (Å²) in [6.45, 7) is 1.97. The van der Waals surface area contributed by atoms with Crippen LogP contribution < -0.4 is 10.1 Å². The SMILES string of the molecule is COc1ccc(CC(=O)N(C)C2CCCNC2)cc1. The van der Waals surface area contributed by atoms with Gasteiger partial charge >= 0.3 is 0 Å². The summed E-state index contributed by atoms with van der Waals surface area (Å²) in [5.41, 5.74) is 1.03. The quantitative estimate of drug-likeness (QED) is 0.893. The molecule has 19 heavy (non-hydrogen) atoms. The molecule has 0 aliphatic carbocycles. The minimum atomic E-state index is 0.180. The number of carbonyl (C=O) groups excluding carboxylic acids is 1. The number of hydrogen-bond donors (Lipinski definition) is 1. The van der Waals surface area contributed by atoms with Gasteiger partial charge in [0.05, 0.1) is 13.5 Å². The Labute approximate surface area is 114 Å². The first-order valence-electron chi connectivity index (χ1n) is 6.80. The summed E-state index contributed by atoms with van der Waals surface area (Å²) in [7, 11) is 3.55. The summed E-state index contributed by atoms with van der Waals surface area (Å²) in [6.07, 6.45) is 2.69. The van der Waals surface area contributed by atoms with E-state index in [2.05, 4.69) is 5.32 Å². The smallest absolute Gasteiger partial charge is 0.227 e. The summed E-state index contributed by atoms with van der Waals surface area (Å²) >= 11 is 0. The van der Waals surface area contributed by atoms with Gasteiger partial charge in [-0.05, 0) is 37.1 Å². The van der Waals surface area contributed by atoms with E-state index in [0.717, 1.165) is 37.2 Å². The first-order chi connectivity index (χ1) is 9.20. The van der Waals surface area contributed by atoms with E-state index in [-0.39, 0.29) is 5.91 Å². The highest BCUT2D eigenvalue weighted by atomic mass is 16.5. The molecule has 0 bridgehead atoms. The molecule has 1 N–H and O–H groups in total. The van der Waals surface area contributed by atoms with Crippen molar-refractivity contribution in [3.8, 4) is 5.75 Å². The highest BCUT2D eigenvalue weighted by Crippen LogP contribution is 2.14. The second-order valence-corrected chi connectivity index (χ2v) is 5.03. The Kier molecular flexibility index (Phi) is 4.80. The van der Waals surface area contributed by atoms with Gasteiger partial charge in [0, 0.05) is 19.6 Å². The molecule has 1 aromatic carbocycles. The van der Waals surface area contributed by atoms with Crippen molar-refractivity contribution in [2.75, 3.05) is 27.2 Å². The van der Waals surface area contributed by atoms with Crippen LogP contribution >= 0.6 is 0 Å². The number of piperidine rings is 1. The maximum atomic E-state index is 12.2. The molecule has 1 saturated heterocycles. The minimum Gasteiger partial charge on any atom is -0.497 e. The number of likely N-dealkylation sites (N-methyl/N-ethyl adjacent to an activating group) is 1. The number of carbonyl (C=O) groups is 1. The summed E-state index contributed by atoms with van der Waals surface area (Å²) in [4.78, 5) is 14.1. The molecule has 1 unspecified atom stereocenters. The Morgan fingerprint density at radius 3 is 2.74 bits per heavy atom. The number of methoxy groups -OCH3 is 1. The lowest BCUT2D eigenvalue weighted by atomic mass is 10.0. The van der Waals surface area contributed by atoms with E-state index in [9.17, 15) is 4.79 Å². The van der Waals surface area contributed by atoms with Crippen LogP contribution in [0.4, 0.5) is 0 Å². The Hall–Kier alpha value is -1.55. The van der Waals surface area contributed by atoms with Crippen LogP contribution in [0.2, 0.25) is 0 Å². The lowest BCUT2D eigenvalue weighted by Crippen LogP contribution is -2.47. The van der Waals surface area contributed by atoms with Gasteiger partial charge in [-0.2, -0.15) is 0 Å². The summed E-state index contributed by atoms with van der Waals surface area (Å²) in [5, 5.41) is 3.34. The van der Waals surface area contributed by atoms with Crippen molar-refractivity contribution in [1.29, 1.82) is 0 Å². The van der Waals surface area contributed by atoms with E-state index in [1.165, 1.54) is 0 Å². The predicted molar refractivity (Wildman–Crippen MR) is 75.4 cm³/mol. The van der Waals surface area contributed by atoms with E-state index in [0.29, 0.717) is 12.5 Å². The van der Waals surface area contributed by atoms with Crippen LogP contribution in [0.5, 0.6) is 5.75 Å². The molecule has 1 aliphatic heterocycles. The number of ether oxygens (including phenoxy) is 1. The molecule has 0 aromatic heterocycles. The normalized spacial score (nSPS) is 18.9. The van der Waals surface area contributed by atoms with E-state index in [4.69, 9.17) is 4.74 Å². The Bertz CT molecular complexity index is 411. The molecule has 0 radical (unpaired) electrons. The fourth-order valence-electron chi connectivity index (χ4n) is 2.41. The standard InChI is InChI=1S/C15H22N2O2/c1-17(13-4-3-9-16-11-13)15(18)10-12-5-7-14(19-2)8-6-12/h5-8,13,16H,3-4,9-11H2,1-2H3. The Morgan fingerprint density at radius 2 is 2.16 bits per heavy atom. The number of amides is 1. The van der Waals surface area contributed by atoms with Gasteiger partial charge in [0.25, 0.3) is 0 Å². The van der Waals surface area contributed by atoms with Crippen LogP contribution in [0.3, 0.4) is 0 Å².